The Hall–Kier alpha value is -2.73. The van der Waals surface area contributed by atoms with E-state index in [2.05, 4.69) is 20.8 Å². The SMILES string of the molecule is O=C(CNC(=O)c1ccc(Cl)cc1)NN=Cc1ccccn1. The van der Waals surface area contributed by atoms with Crippen LogP contribution in [0.4, 0.5) is 0 Å². The van der Waals surface area contributed by atoms with E-state index in [9.17, 15) is 9.59 Å². The maximum Gasteiger partial charge on any atom is 0.259 e. The molecule has 0 atom stereocenters. The van der Waals surface area contributed by atoms with Gasteiger partial charge < -0.3 is 5.32 Å². The van der Waals surface area contributed by atoms with Gasteiger partial charge in [0.1, 0.15) is 0 Å². The van der Waals surface area contributed by atoms with Crippen molar-refractivity contribution in [3.8, 4) is 0 Å². The standard InChI is InChI=1S/C15H13ClN4O2/c16-12-6-4-11(5-7-12)15(22)18-10-14(21)20-19-9-13-3-1-2-8-17-13/h1-9H,10H2,(H,18,22)(H,20,21). The molecule has 0 saturated heterocycles. The van der Waals surface area contributed by atoms with Crippen molar-refractivity contribution in [1.82, 2.24) is 15.7 Å². The summed E-state index contributed by atoms with van der Waals surface area (Å²) in [5, 5.41) is 6.77. The lowest BCUT2D eigenvalue weighted by Crippen LogP contribution is -2.34. The number of halogens is 1. The summed E-state index contributed by atoms with van der Waals surface area (Å²) in [5.41, 5.74) is 3.35. The summed E-state index contributed by atoms with van der Waals surface area (Å²) < 4.78 is 0. The van der Waals surface area contributed by atoms with Gasteiger partial charge in [-0.2, -0.15) is 5.10 Å². The Morgan fingerprint density at radius 2 is 1.95 bits per heavy atom. The van der Waals surface area contributed by atoms with E-state index in [1.807, 2.05) is 6.07 Å². The van der Waals surface area contributed by atoms with Crippen LogP contribution in [-0.2, 0) is 4.79 Å². The zero-order valence-corrected chi connectivity index (χ0v) is 12.2. The van der Waals surface area contributed by atoms with Gasteiger partial charge in [-0.05, 0) is 36.4 Å². The average molecular weight is 317 g/mol. The average Bonchev–Trinajstić information content (AvgIpc) is 2.54. The van der Waals surface area contributed by atoms with Crippen molar-refractivity contribution in [1.29, 1.82) is 0 Å². The minimum atomic E-state index is -0.436. The van der Waals surface area contributed by atoms with Crippen molar-refractivity contribution in [2.45, 2.75) is 0 Å². The molecular weight excluding hydrogens is 304 g/mol. The quantitative estimate of drug-likeness (QED) is 0.649. The van der Waals surface area contributed by atoms with Crippen LogP contribution < -0.4 is 10.7 Å². The number of rotatable bonds is 5. The molecule has 1 aromatic heterocycles. The Bertz CT molecular complexity index is 672. The zero-order valence-electron chi connectivity index (χ0n) is 11.5. The van der Waals surface area contributed by atoms with Gasteiger partial charge in [0.2, 0.25) is 0 Å². The van der Waals surface area contributed by atoms with Crippen molar-refractivity contribution in [3.05, 3.63) is 64.9 Å². The van der Waals surface area contributed by atoms with Crippen LogP contribution >= 0.6 is 11.6 Å². The summed E-state index contributed by atoms with van der Waals surface area (Å²) in [6, 6.07) is 11.7. The molecule has 0 radical (unpaired) electrons. The summed E-state index contributed by atoms with van der Waals surface area (Å²) in [4.78, 5) is 27.3. The molecule has 0 saturated carbocycles. The summed E-state index contributed by atoms with van der Waals surface area (Å²) in [6.45, 7) is -0.180. The van der Waals surface area contributed by atoms with E-state index in [1.165, 1.54) is 6.21 Å². The highest BCUT2D eigenvalue weighted by Gasteiger charge is 2.07. The van der Waals surface area contributed by atoms with Crippen molar-refractivity contribution in [2.24, 2.45) is 5.10 Å². The molecule has 0 aliphatic heterocycles. The van der Waals surface area contributed by atoms with Crippen LogP contribution in [0, 0.1) is 0 Å². The molecule has 112 valence electrons. The predicted octanol–water partition coefficient (Wildman–Crippen LogP) is 1.62. The molecule has 0 spiro atoms. The van der Waals surface area contributed by atoms with Crippen molar-refractivity contribution < 1.29 is 9.59 Å². The molecule has 1 aromatic carbocycles. The second-order valence-electron chi connectivity index (χ2n) is 4.24. The highest BCUT2D eigenvalue weighted by molar-refractivity contribution is 6.30. The van der Waals surface area contributed by atoms with Gasteiger partial charge in [-0.3, -0.25) is 14.6 Å². The van der Waals surface area contributed by atoms with Gasteiger partial charge in [0, 0.05) is 16.8 Å². The molecule has 0 fully saturated rings. The summed E-state index contributed by atoms with van der Waals surface area (Å²) in [6.07, 6.45) is 3.04. The fourth-order valence-electron chi connectivity index (χ4n) is 1.53. The van der Waals surface area contributed by atoms with E-state index in [0.29, 0.717) is 16.3 Å². The third-order valence-corrected chi connectivity index (χ3v) is 2.84. The Morgan fingerprint density at radius 1 is 1.18 bits per heavy atom. The number of carbonyl (C=O) groups excluding carboxylic acids is 2. The van der Waals surface area contributed by atoms with E-state index in [0.717, 1.165) is 0 Å². The minimum absolute atomic E-state index is 0.180. The van der Waals surface area contributed by atoms with Crippen LogP contribution in [0.1, 0.15) is 16.1 Å². The number of carbonyl (C=O) groups is 2. The Labute approximate surface area is 132 Å². The molecule has 2 aromatic rings. The number of hydrogen-bond acceptors (Lipinski definition) is 4. The Balaban J connectivity index is 1.77. The molecule has 0 bridgehead atoms. The van der Waals surface area contributed by atoms with Crippen molar-refractivity contribution >= 4 is 29.6 Å². The highest BCUT2D eigenvalue weighted by atomic mass is 35.5. The van der Waals surface area contributed by atoms with Gasteiger partial charge in [-0.1, -0.05) is 17.7 Å². The van der Waals surface area contributed by atoms with E-state index in [-0.39, 0.29) is 12.5 Å². The minimum Gasteiger partial charge on any atom is -0.343 e. The van der Waals surface area contributed by atoms with E-state index >= 15 is 0 Å². The molecule has 0 unspecified atom stereocenters. The van der Waals surface area contributed by atoms with Gasteiger partial charge >= 0.3 is 0 Å². The maximum atomic E-state index is 11.8. The fraction of sp³-hybridized carbons (Fsp3) is 0.0667. The molecule has 2 amide bonds. The number of aromatic nitrogens is 1. The lowest BCUT2D eigenvalue weighted by atomic mass is 10.2. The third-order valence-electron chi connectivity index (χ3n) is 2.59. The number of amides is 2. The first kappa shape index (κ1) is 15.7. The number of benzene rings is 1. The second-order valence-corrected chi connectivity index (χ2v) is 4.67. The van der Waals surface area contributed by atoms with Crippen molar-refractivity contribution in [3.63, 3.8) is 0 Å². The molecular formula is C15H13ClN4O2. The maximum absolute atomic E-state index is 11.8. The van der Waals surface area contributed by atoms with Crippen LogP contribution in [-0.4, -0.2) is 29.6 Å². The lowest BCUT2D eigenvalue weighted by molar-refractivity contribution is -0.120. The number of nitrogens with zero attached hydrogens (tertiary/aromatic N) is 2. The lowest BCUT2D eigenvalue weighted by Gasteiger charge is -2.04. The topological polar surface area (TPSA) is 83.5 Å². The van der Waals surface area contributed by atoms with Gasteiger partial charge in [-0.15, -0.1) is 0 Å². The highest BCUT2D eigenvalue weighted by Crippen LogP contribution is 2.09. The van der Waals surface area contributed by atoms with Gasteiger partial charge in [0.15, 0.2) is 0 Å². The van der Waals surface area contributed by atoms with Crippen LogP contribution in [0.15, 0.2) is 53.8 Å². The number of hydrogen-bond donors (Lipinski definition) is 2. The third kappa shape index (κ3) is 4.99. The molecule has 0 aliphatic rings. The van der Waals surface area contributed by atoms with Crippen LogP contribution in [0.5, 0.6) is 0 Å². The fourth-order valence-corrected chi connectivity index (χ4v) is 1.65. The van der Waals surface area contributed by atoms with Crippen LogP contribution in [0.25, 0.3) is 0 Å². The van der Waals surface area contributed by atoms with Crippen LogP contribution in [0.2, 0.25) is 5.02 Å². The zero-order chi connectivity index (χ0) is 15.8. The normalized spacial score (nSPS) is 10.4. The molecule has 2 rings (SSSR count). The molecule has 6 nitrogen and oxygen atoms in total. The number of pyridine rings is 1. The molecule has 2 N–H and O–H groups in total. The summed E-state index contributed by atoms with van der Waals surface area (Å²) in [5.74, 6) is -0.796. The van der Waals surface area contributed by atoms with Gasteiger partial charge in [0.25, 0.3) is 11.8 Å². The Morgan fingerprint density at radius 3 is 2.64 bits per heavy atom. The van der Waals surface area contributed by atoms with E-state index in [1.54, 1.807) is 42.6 Å². The van der Waals surface area contributed by atoms with Gasteiger partial charge in [0.05, 0.1) is 18.5 Å². The molecule has 1 heterocycles. The molecule has 22 heavy (non-hydrogen) atoms. The smallest absolute Gasteiger partial charge is 0.259 e. The van der Waals surface area contributed by atoms with E-state index in [4.69, 9.17) is 11.6 Å². The number of nitrogens with one attached hydrogen (secondary N) is 2. The summed E-state index contributed by atoms with van der Waals surface area (Å²) >= 11 is 5.73. The van der Waals surface area contributed by atoms with Gasteiger partial charge in [-0.25, -0.2) is 5.43 Å². The molecule has 0 aliphatic carbocycles. The van der Waals surface area contributed by atoms with Crippen molar-refractivity contribution in [2.75, 3.05) is 6.54 Å². The van der Waals surface area contributed by atoms with E-state index < -0.39 is 5.91 Å². The first-order chi connectivity index (χ1) is 10.6. The Kier molecular flexibility index (Phi) is 5.62. The molecule has 7 heteroatoms. The first-order valence-electron chi connectivity index (χ1n) is 6.42. The second kappa shape index (κ2) is 7.90. The number of hydrazone groups is 1. The largest absolute Gasteiger partial charge is 0.343 e. The first-order valence-corrected chi connectivity index (χ1v) is 6.79. The van der Waals surface area contributed by atoms with Crippen LogP contribution in [0.3, 0.4) is 0 Å². The predicted molar refractivity (Wildman–Crippen MR) is 83.8 cm³/mol. The summed E-state index contributed by atoms with van der Waals surface area (Å²) in [7, 11) is 0. The monoisotopic (exact) mass is 316 g/mol.